The van der Waals surface area contributed by atoms with Gasteiger partial charge in [-0.05, 0) is 12.1 Å². The van der Waals surface area contributed by atoms with Crippen LogP contribution in [0.1, 0.15) is 46.0 Å². The maximum absolute atomic E-state index is 13.7. The third kappa shape index (κ3) is 2.59. The molecule has 0 bridgehead atoms. The quantitative estimate of drug-likeness (QED) is 0.839. The number of rotatable bonds is 2. The second kappa shape index (κ2) is 4.13. The van der Waals surface area contributed by atoms with Crippen molar-refractivity contribution in [3.05, 3.63) is 29.3 Å². The number of hydrogen-bond acceptors (Lipinski definition) is 2. The van der Waals surface area contributed by atoms with E-state index in [9.17, 15) is 9.50 Å². The van der Waals surface area contributed by atoms with Crippen LogP contribution in [0.2, 0.25) is 0 Å². The number of nitrogens with zero attached hydrogens (tertiary/aromatic N) is 1. The minimum Gasteiger partial charge on any atom is -0.395 e. The van der Waals surface area contributed by atoms with Gasteiger partial charge in [0.15, 0.2) is 0 Å². The maximum Gasteiger partial charge on any atom is 0.145 e. The number of aromatic nitrogens is 1. The highest BCUT2D eigenvalue weighted by atomic mass is 19.1. The van der Waals surface area contributed by atoms with Crippen LogP contribution in [0.4, 0.5) is 4.39 Å². The first-order valence-electron chi connectivity index (χ1n) is 5.47. The van der Waals surface area contributed by atoms with Crippen LogP contribution < -0.4 is 0 Å². The molecular weight excluding hydrogens is 205 g/mol. The molecule has 0 spiro atoms. The van der Waals surface area contributed by atoms with Gasteiger partial charge in [0, 0.05) is 16.5 Å². The fourth-order valence-corrected chi connectivity index (χ4v) is 1.41. The van der Waals surface area contributed by atoms with Crippen LogP contribution in [-0.2, 0) is 10.8 Å². The second-order valence-electron chi connectivity index (χ2n) is 5.82. The predicted octanol–water partition coefficient (Wildman–Crippen LogP) is 2.79. The number of aliphatic hydroxyl groups is 1. The number of aliphatic hydroxyl groups excluding tert-OH is 1. The fraction of sp³-hybridized carbons (Fsp3) is 0.615. The molecule has 1 aromatic rings. The van der Waals surface area contributed by atoms with Gasteiger partial charge in [0.25, 0.3) is 0 Å². The standard InChI is InChI=1S/C13H20FNO/c1-12(2,3)10-7-6-9(14)11(15-10)13(4,5)8-16/h6-7,16H,8H2,1-5H3. The molecule has 16 heavy (non-hydrogen) atoms. The lowest BCUT2D eigenvalue weighted by Gasteiger charge is -2.25. The lowest BCUT2D eigenvalue weighted by atomic mass is 9.87. The summed E-state index contributed by atoms with van der Waals surface area (Å²) in [4.78, 5) is 4.35. The minimum atomic E-state index is -0.647. The van der Waals surface area contributed by atoms with Gasteiger partial charge in [0.1, 0.15) is 5.82 Å². The van der Waals surface area contributed by atoms with Gasteiger partial charge in [-0.2, -0.15) is 0 Å². The molecule has 0 saturated carbocycles. The third-order valence-corrected chi connectivity index (χ3v) is 2.65. The zero-order chi connectivity index (χ0) is 12.6. The lowest BCUT2D eigenvalue weighted by Crippen LogP contribution is -2.27. The van der Waals surface area contributed by atoms with E-state index in [0.29, 0.717) is 5.69 Å². The second-order valence-corrected chi connectivity index (χ2v) is 5.82. The molecule has 1 heterocycles. The molecule has 2 nitrogen and oxygen atoms in total. The van der Waals surface area contributed by atoms with Gasteiger partial charge in [0.2, 0.25) is 0 Å². The maximum atomic E-state index is 13.7. The first-order chi connectivity index (χ1) is 7.18. The van der Waals surface area contributed by atoms with Crippen molar-refractivity contribution >= 4 is 0 Å². The van der Waals surface area contributed by atoms with Gasteiger partial charge < -0.3 is 5.11 Å². The van der Waals surface area contributed by atoms with Crippen molar-refractivity contribution in [3.8, 4) is 0 Å². The van der Waals surface area contributed by atoms with Crippen LogP contribution in [0.25, 0.3) is 0 Å². The van der Waals surface area contributed by atoms with Crippen LogP contribution >= 0.6 is 0 Å². The summed E-state index contributed by atoms with van der Waals surface area (Å²) in [6, 6.07) is 3.13. The van der Waals surface area contributed by atoms with Gasteiger partial charge in [-0.15, -0.1) is 0 Å². The average molecular weight is 225 g/mol. The van der Waals surface area contributed by atoms with Crippen molar-refractivity contribution in [2.45, 2.75) is 45.4 Å². The Balaban J connectivity index is 3.30. The Morgan fingerprint density at radius 2 is 1.75 bits per heavy atom. The molecule has 0 saturated heterocycles. The first-order valence-corrected chi connectivity index (χ1v) is 5.47. The highest BCUT2D eigenvalue weighted by Gasteiger charge is 2.27. The van der Waals surface area contributed by atoms with E-state index in [4.69, 9.17) is 0 Å². The zero-order valence-electron chi connectivity index (χ0n) is 10.6. The van der Waals surface area contributed by atoms with Gasteiger partial charge in [0.05, 0.1) is 12.3 Å². The van der Waals surface area contributed by atoms with Crippen LogP contribution in [0, 0.1) is 5.82 Å². The van der Waals surface area contributed by atoms with E-state index in [2.05, 4.69) is 4.98 Å². The molecular formula is C13H20FNO. The van der Waals surface area contributed by atoms with E-state index < -0.39 is 5.41 Å². The Hall–Kier alpha value is -0.960. The van der Waals surface area contributed by atoms with Gasteiger partial charge in [-0.25, -0.2) is 4.39 Å². The normalized spacial score (nSPS) is 12.9. The van der Waals surface area contributed by atoms with Crippen molar-refractivity contribution in [2.24, 2.45) is 0 Å². The summed E-state index contributed by atoms with van der Waals surface area (Å²) in [7, 11) is 0. The first kappa shape index (κ1) is 13.1. The van der Waals surface area contributed by atoms with E-state index in [1.165, 1.54) is 6.07 Å². The molecule has 0 radical (unpaired) electrons. The summed E-state index contributed by atoms with van der Waals surface area (Å²) in [5.41, 5.74) is 0.409. The van der Waals surface area contributed by atoms with Crippen molar-refractivity contribution in [3.63, 3.8) is 0 Å². The van der Waals surface area contributed by atoms with E-state index >= 15 is 0 Å². The molecule has 0 fully saturated rings. The molecule has 1 rings (SSSR count). The van der Waals surface area contributed by atoms with Crippen molar-refractivity contribution in [2.75, 3.05) is 6.61 Å². The Morgan fingerprint density at radius 1 is 1.19 bits per heavy atom. The van der Waals surface area contributed by atoms with Crippen LogP contribution in [0.5, 0.6) is 0 Å². The molecule has 0 aliphatic carbocycles. The summed E-state index contributed by atoms with van der Waals surface area (Å²) in [5.74, 6) is -0.355. The number of halogens is 1. The lowest BCUT2D eigenvalue weighted by molar-refractivity contribution is 0.210. The van der Waals surface area contributed by atoms with Crippen molar-refractivity contribution in [1.29, 1.82) is 0 Å². The summed E-state index contributed by atoms with van der Waals surface area (Å²) in [6.45, 7) is 9.54. The topological polar surface area (TPSA) is 33.1 Å². The highest BCUT2D eigenvalue weighted by molar-refractivity contribution is 5.24. The van der Waals surface area contributed by atoms with Gasteiger partial charge in [-0.3, -0.25) is 4.98 Å². The molecule has 1 aromatic heterocycles. The molecule has 0 aromatic carbocycles. The molecule has 0 aliphatic rings. The van der Waals surface area contributed by atoms with Crippen LogP contribution in [0.3, 0.4) is 0 Å². The molecule has 3 heteroatoms. The van der Waals surface area contributed by atoms with Crippen LogP contribution in [-0.4, -0.2) is 16.7 Å². The average Bonchev–Trinajstić information content (AvgIpc) is 2.16. The van der Waals surface area contributed by atoms with E-state index in [0.717, 1.165) is 5.69 Å². The third-order valence-electron chi connectivity index (χ3n) is 2.65. The van der Waals surface area contributed by atoms with E-state index in [-0.39, 0.29) is 17.8 Å². The monoisotopic (exact) mass is 225 g/mol. The zero-order valence-corrected chi connectivity index (χ0v) is 10.6. The summed E-state index contributed by atoms with van der Waals surface area (Å²) >= 11 is 0. The highest BCUT2D eigenvalue weighted by Crippen LogP contribution is 2.27. The molecule has 90 valence electrons. The van der Waals surface area contributed by atoms with Crippen molar-refractivity contribution < 1.29 is 9.50 Å². The number of pyridine rings is 1. The minimum absolute atomic E-state index is 0.117. The molecule has 1 N–H and O–H groups in total. The van der Waals surface area contributed by atoms with E-state index in [1.807, 2.05) is 20.8 Å². The smallest absolute Gasteiger partial charge is 0.145 e. The SMILES string of the molecule is CC(C)(C)c1ccc(F)c(C(C)(C)CO)n1. The molecule has 0 amide bonds. The van der Waals surface area contributed by atoms with Gasteiger partial charge >= 0.3 is 0 Å². The molecule has 0 unspecified atom stereocenters. The van der Waals surface area contributed by atoms with Crippen molar-refractivity contribution in [1.82, 2.24) is 4.98 Å². The Kier molecular flexibility index (Phi) is 3.38. The van der Waals surface area contributed by atoms with Gasteiger partial charge in [-0.1, -0.05) is 34.6 Å². The summed E-state index contributed by atoms with van der Waals surface area (Å²) < 4.78 is 13.7. The fourth-order valence-electron chi connectivity index (χ4n) is 1.41. The predicted molar refractivity (Wildman–Crippen MR) is 63.0 cm³/mol. The summed E-state index contributed by atoms with van der Waals surface area (Å²) in [6.07, 6.45) is 0. The molecule has 0 atom stereocenters. The van der Waals surface area contributed by atoms with Crippen LogP contribution in [0.15, 0.2) is 12.1 Å². The largest absolute Gasteiger partial charge is 0.395 e. The number of hydrogen-bond donors (Lipinski definition) is 1. The molecule has 0 aliphatic heterocycles. The van der Waals surface area contributed by atoms with E-state index in [1.54, 1.807) is 19.9 Å². The Labute approximate surface area is 96.5 Å². The Bertz CT molecular complexity index is 380. The Morgan fingerprint density at radius 3 is 2.19 bits per heavy atom. The summed E-state index contributed by atoms with van der Waals surface area (Å²) in [5, 5.41) is 9.26.